The van der Waals surface area contributed by atoms with Crippen LogP contribution in [0.3, 0.4) is 0 Å². The molecule has 0 aromatic carbocycles. The van der Waals surface area contributed by atoms with Gasteiger partial charge in [0.2, 0.25) is 5.60 Å². The normalized spacial score (nSPS) is 18.5. The lowest BCUT2D eigenvalue weighted by Crippen LogP contribution is -2.55. The standard InChI is InChI=1S/C9H12F3NO2/c1-2-7(13)8(14,9(10,11)12)6-3-4-15-5-6/h3-5,7,14H,2,13H2,1H3. The Morgan fingerprint density at radius 1 is 1.53 bits per heavy atom. The first kappa shape index (κ1) is 12.1. The minimum Gasteiger partial charge on any atom is -0.472 e. The maximum Gasteiger partial charge on any atom is 0.423 e. The molecule has 0 saturated carbocycles. The first-order chi connectivity index (χ1) is 6.84. The second-order valence-corrected chi connectivity index (χ2v) is 3.29. The van der Waals surface area contributed by atoms with Gasteiger partial charge in [0, 0.05) is 11.6 Å². The Morgan fingerprint density at radius 3 is 2.47 bits per heavy atom. The fraction of sp³-hybridized carbons (Fsp3) is 0.556. The maximum absolute atomic E-state index is 12.7. The van der Waals surface area contributed by atoms with E-state index in [4.69, 9.17) is 5.73 Å². The molecule has 0 aliphatic heterocycles. The quantitative estimate of drug-likeness (QED) is 0.820. The van der Waals surface area contributed by atoms with Crippen LogP contribution in [0.15, 0.2) is 23.0 Å². The topological polar surface area (TPSA) is 59.4 Å². The number of nitrogens with two attached hydrogens (primary N) is 1. The lowest BCUT2D eigenvalue weighted by Gasteiger charge is -2.34. The van der Waals surface area contributed by atoms with Crippen molar-refractivity contribution in [2.75, 3.05) is 0 Å². The van der Waals surface area contributed by atoms with Crippen LogP contribution in [0, 0.1) is 0 Å². The van der Waals surface area contributed by atoms with E-state index in [1.54, 1.807) is 0 Å². The third-order valence-electron chi connectivity index (χ3n) is 2.37. The molecule has 1 aromatic heterocycles. The molecule has 1 heterocycles. The van der Waals surface area contributed by atoms with E-state index in [1.807, 2.05) is 0 Å². The summed E-state index contributed by atoms with van der Waals surface area (Å²) in [4.78, 5) is 0. The van der Waals surface area contributed by atoms with Crippen LogP contribution in [0.4, 0.5) is 13.2 Å². The van der Waals surface area contributed by atoms with Gasteiger partial charge in [-0.25, -0.2) is 0 Å². The minimum absolute atomic E-state index is 0.00118. The van der Waals surface area contributed by atoms with Crippen LogP contribution in [0.25, 0.3) is 0 Å². The lowest BCUT2D eigenvalue weighted by atomic mass is 9.86. The van der Waals surface area contributed by atoms with Gasteiger partial charge in [0.05, 0.1) is 12.5 Å². The third kappa shape index (κ3) is 1.87. The molecule has 15 heavy (non-hydrogen) atoms. The van der Waals surface area contributed by atoms with E-state index in [2.05, 4.69) is 4.42 Å². The summed E-state index contributed by atoms with van der Waals surface area (Å²) in [6.45, 7) is 1.47. The number of alkyl halides is 3. The molecule has 86 valence electrons. The van der Waals surface area contributed by atoms with Crippen molar-refractivity contribution in [3.63, 3.8) is 0 Å². The van der Waals surface area contributed by atoms with E-state index < -0.39 is 17.8 Å². The van der Waals surface area contributed by atoms with Crippen molar-refractivity contribution < 1.29 is 22.7 Å². The fourth-order valence-corrected chi connectivity index (χ4v) is 1.36. The first-order valence-corrected chi connectivity index (χ1v) is 4.41. The summed E-state index contributed by atoms with van der Waals surface area (Å²) in [5, 5.41) is 9.67. The van der Waals surface area contributed by atoms with E-state index in [1.165, 1.54) is 6.92 Å². The number of aliphatic hydroxyl groups is 1. The molecule has 0 aliphatic carbocycles. The van der Waals surface area contributed by atoms with Gasteiger partial charge in [-0.1, -0.05) is 6.92 Å². The van der Waals surface area contributed by atoms with Gasteiger partial charge in [0.15, 0.2) is 0 Å². The molecule has 0 saturated heterocycles. The average molecular weight is 223 g/mol. The van der Waals surface area contributed by atoms with Crippen molar-refractivity contribution >= 4 is 0 Å². The molecule has 0 spiro atoms. The van der Waals surface area contributed by atoms with Gasteiger partial charge in [0.25, 0.3) is 0 Å². The summed E-state index contributed by atoms with van der Waals surface area (Å²) < 4.78 is 42.7. The van der Waals surface area contributed by atoms with Crippen LogP contribution >= 0.6 is 0 Å². The molecule has 1 rings (SSSR count). The number of furan rings is 1. The van der Waals surface area contributed by atoms with Gasteiger partial charge in [-0.05, 0) is 12.5 Å². The third-order valence-corrected chi connectivity index (χ3v) is 2.37. The Labute approximate surface area is 84.7 Å². The Bertz CT molecular complexity index is 310. The number of halogens is 3. The second-order valence-electron chi connectivity index (χ2n) is 3.29. The zero-order chi connectivity index (χ0) is 11.7. The number of hydrogen-bond acceptors (Lipinski definition) is 3. The van der Waals surface area contributed by atoms with Gasteiger partial charge < -0.3 is 15.3 Å². The highest BCUT2D eigenvalue weighted by Crippen LogP contribution is 2.41. The van der Waals surface area contributed by atoms with Gasteiger partial charge in [0.1, 0.15) is 0 Å². The van der Waals surface area contributed by atoms with Crippen molar-refractivity contribution in [2.24, 2.45) is 5.73 Å². The molecule has 0 aliphatic rings. The summed E-state index contributed by atoms with van der Waals surface area (Å²) in [6, 6.07) is -0.363. The monoisotopic (exact) mass is 223 g/mol. The predicted octanol–water partition coefficient (Wildman–Crippen LogP) is 1.77. The zero-order valence-electron chi connectivity index (χ0n) is 8.08. The number of rotatable bonds is 3. The first-order valence-electron chi connectivity index (χ1n) is 4.41. The molecule has 2 unspecified atom stereocenters. The maximum atomic E-state index is 12.7. The molecule has 1 aromatic rings. The van der Waals surface area contributed by atoms with E-state index in [9.17, 15) is 18.3 Å². The SMILES string of the molecule is CCC(N)C(O)(c1ccoc1)C(F)(F)F. The van der Waals surface area contributed by atoms with E-state index >= 15 is 0 Å². The van der Waals surface area contributed by atoms with Crippen LogP contribution < -0.4 is 5.73 Å². The second kappa shape index (κ2) is 3.86. The molecule has 3 nitrogen and oxygen atoms in total. The molecule has 3 N–H and O–H groups in total. The van der Waals surface area contributed by atoms with Gasteiger partial charge in [-0.2, -0.15) is 13.2 Å². The highest BCUT2D eigenvalue weighted by atomic mass is 19.4. The molecule has 2 atom stereocenters. The van der Waals surface area contributed by atoms with Crippen LogP contribution in [0.5, 0.6) is 0 Å². The summed E-state index contributed by atoms with van der Waals surface area (Å²) in [5.74, 6) is 0. The van der Waals surface area contributed by atoms with Gasteiger partial charge in [-0.3, -0.25) is 0 Å². The summed E-state index contributed by atoms with van der Waals surface area (Å²) in [7, 11) is 0. The van der Waals surface area contributed by atoms with Crippen molar-refractivity contribution in [3.05, 3.63) is 24.2 Å². The Balaban J connectivity index is 3.19. The van der Waals surface area contributed by atoms with Crippen molar-refractivity contribution in [3.8, 4) is 0 Å². The number of hydrogen-bond donors (Lipinski definition) is 2. The summed E-state index contributed by atoms with van der Waals surface area (Å²) in [6.07, 6.45) is -2.91. The summed E-state index contributed by atoms with van der Waals surface area (Å²) in [5.41, 5.74) is 1.90. The van der Waals surface area contributed by atoms with Gasteiger partial charge in [-0.15, -0.1) is 0 Å². The largest absolute Gasteiger partial charge is 0.472 e. The van der Waals surface area contributed by atoms with E-state index in [0.717, 1.165) is 18.6 Å². The van der Waals surface area contributed by atoms with E-state index in [-0.39, 0.29) is 12.0 Å². The van der Waals surface area contributed by atoms with Gasteiger partial charge >= 0.3 is 6.18 Å². The lowest BCUT2D eigenvalue weighted by molar-refractivity contribution is -0.274. The fourth-order valence-electron chi connectivity index (χ4n) is 1.36. The van der Waals surface area contributed by atoms with Crippen LogP contribution in [0.1, 0.15) is 18.9 Å². The highest BCUT2D eigenvalue weighted by molar-refractivity contribution is 5.21. The average Bonchev–Trinajstić information content (AvgIpc) is 2.66. The molecule has 6 heteroatoms. The van der Waals surface area contributed by atoms with Crippen molar-refractivity contribution in [2.45, 2.75) is 31.2 Å². The van der Waals surface area contributed by atoms with Crippen molar-refractivity contribution in [1.29, 1.82) is 0 Å². The summed E-state index contributed by atoms with van der Waals surface area (Å²) >= 11 is 0. The Hall–Kier alpha value is -1.01. The molecular weight excluding hydrogens is 211 g/mol. The molecule has 0 bridgehead atoms. The predicted molar refractivity (Wildman–Crippen MR) is 46.9 cm³/mol. The van der Waals surface area contributed by atoms with Crippen LogP contribution in [-0.2, 0) is 5.60 Å². The van der Waals surface area contributed by atoms with Crippen LogP contribution in [0.2, 0.25) is 0 Å². The molecular formula is C9H12F3NO2. The van der Waals surface area contributed by atoms with E-state index in [0.29, 0.717) is 0 Å². The Morgan fingerprint density at radius 2 is 2.13 bits per heavy atom. The smallest absolute Gasteiger partial charge is 0.423 e. The molecule has 0 fully saturated rings. The molecule has 0 amide bonds. The molecule has 0 radical (unpaired) electrons. The zero-order valence-corrected chi connectivity index (χ0v) is 8.08. The highest BCUT2D eigenvalue weighted by Gasteiger charge is 2.58. The minimum atomic E-state index is -4.83. The van der Waals surface area contributed by atoms with Crippen LogP contribution in [-0.4, -0.2) is 17.3 Å². The Kier molecular flexibility index (Phi) is 3.11. The van der Waals surface area contributed by atoms with Crippen molar-refractivity contribution in [1.82, 2.24) is 0 Å².